The highest BCUT2D eigenvalue weighted by molar-refractivity contribution is 5.56. The number of ether oxygens (including phenoxy) is 1. The van der Waals surface area contributed by atoms with Gasteiger partial charge in [-0.15, -0.1) is 13.2 Å². The Labute approximate surface area is 75.7 Å². The molecule has 0 saturated carbocycles. The third-order valence-electron chi connectivity index (χ3n) is 1.30. The van der Waals surface area contributed by atoms with Gasteiger partial charge in [0.1, 0.15) is 5.75 Å². The topological polar surface area (TPSA) is 55.5 Å². The number of rotatable bonds is 1. The van der Waals surface area contributed by atoms with Crippen LogP contribution in [-0.2, 0) is 0 Å². The summed E-state index contributed by atoms with van der Waals surface area (Å²) in [6.07, 6.45) is -4.92. The number of phenols is 1. The molecule has 0 aliphatic heterocycles. The minimum absolute atomic E-state index is 0.388. The van der Waals surface area contributed by atoms with Gasteiger partial charge in [-0.2, -0.15) is 0 Å². The summed E-state index contributed by atoms with van der Waals surface area (Å²) in [6.45, 7) is 0. The minimum atomic E-state index is -4.92. The highest BCUT2D eigenvalue weighted by Gasteiger charge is 2.31. The van der Waals surface area contributed by atoms with Crippen molar-refractivity contribution in [2.24, 2.45) is 0 Å². The number of nitrogens with two attached hydrogens (primary N) is 1. The van der Waals surface area contributed by atoms with Gasteiger partial charge in [-0.3, -0.25) is 0 Å². The highest BCUT2D eigenvalue weighted by atomic mass is 19.4. The van der Waals surface area contributed by atoms with Gasteiger partial charge < -0.3 is 15.6 Å². The van der Waals surface area contributed by atoms with Crippen LogP contribution in [0.25, 0.3) is 0 Å². The van der Waals surface area contributed by atoms with Crippen LogP contribution in [0.4, 0.5) is 23.2 Å². The van der Waals surface area contributed by atoms with Crippen molar-refractivity contribution in [2.75, 3.05) is 5.73 Å². The molecule has 0 atom stereocenters. The van der Waals surface area contributed by atoms with Gasteiger partial charge in [-0.1, -0.05) is 0 Å². The minimum Gasteiger partial charge on any atom is -0.503 e. The summed E-state index contributed by atoms with van der Waals surface area (Å²) >= 11 is 0. The van der Waals surface area contributed by atoms with E-state index in [-0.39, 0.29) is 0 Å². The Balaban J connectivity index is 3.02. The second-order valence-electron chi connectivity index (χ2n) is 2.39. The number of hydrogen-bond acceptors (Lipinski definition) is 3. The van der Waals surface area contributed by atoms with Crippen LogP contribution in [0.2, 0.25) is 0 Å². The monoisotopic (exact) mass is 211 g/mol. The number of benzene rings is 1. The lowest BCUT2D eigenvalue weighted by Gasteiger charge is -2.10. The lowest BCUT2D eigenvalue weighted by Crippen LogP contribution is -2.17. The number of alkyl halides is 3. The van der Waals surface area contributed by atoms with Gasteiger partial charge in [-0.25, -0.2) is 4.39 Å². The maximum atomic E-state index is 12.6. The highest BCUT2D eigenvalue weighted by Crippen LogP contribution is 2.31. The van der Waals surface area contributed by atoms with Crippen LogP contribution in [0.15, 0.2) is 12.1 Å². The standard InChI is InChI=1S/C7H5F4NO2/c8-4-1-3(14-7(9,10)11)2-5(12)6(4)13/h1-2,13H,12H2. The number of aromatic hydroxyl groups is 1. The van der Waals surface area contributed by atoms with E-state index in [1.165, 1.54) is 0 Å². The summed E-state index contributed by atoms with van der Waals surface area (Å²) in [4.78, 5) is 0. The fourth-order valence-corrected chi connectivity index (χ4v) is 0.787. The molecule has 0 saturated heterocycles. The second-order valence-corrected chi connectivity index (χ2v) is 2.39. The van der Waals surface area contributed by atoms with Gasteiger partial charge in [0.15, 0.2) is 11.6 Å². The van der Waals surface area contributed by atoms with Crippen molar-refractivity contribution in [3.05, 3.63) is 17.9 Å². The van der Waals surface area contributed by atoms with E-state index in [0.717, 1.165) is 0 Å². The van der Waals surface area contributed by atoms with Crippen molar-refractivity contribution in [3.8, 4) is 11.5 Å². The molecule has 0 aliphatic carbocycles. The van der Waals surface area contributed by atoms with E-state index in [1.54, 1.807) is 0 Å². The summed E-state index contributed by atoms with van der Waals surface area (Å²) in [7, 11) is 0. The van der Waals surface area contributed by atoms with Gasteiger partial charge in [-0.05, 0) is 0 Å². The lowest BCUT2D eigenvalue weighted by molar-refractivity contribution is -0.274. The molecule has 78 valence electrons. The summed E-state index contributed by atoms with van der Waals surface area (Å²) in [5.74, 6) is -2.99. The van der Waals surface area contributed by atoms with Crippen LogP contribution >= 0.6 is 0 Å². The van der Waals surface area contributed by atoms with Gasteiger partial charge >= 0.3 is 6.36 Å². The van der Waals surface area contributed by atoms with Crippen LogP contribution in [0, 0.1) is 5.82 Å². The number of halogens is 4. The largest absolute Gasteiger partial charge is 0.573 e. The molecule has 1 aromatic carbocycles. The van der Waals surface area contributed by atoms with E-state index < -0.39 is 29.4 Å². The Kier molecular flexibility index (Phi) is 2.41. The molecule has 0 aromatic heterocycles. The molecule has 1 aromatic rings. The van der Waals surface area contributed by atoms with Crippen molar-refractivity contribution < 1.29 is 27.4 Å². The first kappa shape index (κ1) is 10.4. The molecule has 14 heavy (non-hydrogen) atoms. The first-order chi connectivity index (χ1) is 6.29. The summed E-state index contributed by atoms with van der Waals surface area (Å²) in [5, 5.41) is 8.79. The summed E-state index contributed by atoms with van der Waals surface area (Å²) in [6, 6.07) is 1.06. The Bertz CT molecular complexity index is 327. The Morgan fingerprint density at radius 3 is 2.29 bits per heavy atom. The molecule has 1 rings (SSSR count). The van der Waals surface area contributed by atoms with Crippen LogP contribution < -0.4 is 10.5 Å². The van der Waals surface area contributed by atoms with Gasteiger partial charge in [0.2, 0.25) is 0 Å². The predicted octanol–water partition coefficient (Wildman–Crippen LogP) is 2.01. The molecule has 7 heteroatoms. The van der Waals surface area contributed by atoms with Crippen molar-refractivity contribution in [1.82, 2.24) is 0 Å². The molecular weight excluding hydrogens is 206 g/mol. The zero-order valence-electron chi connectivity index (χ0n) is 6.60. The molecule has 0 unspecified atom stereocenters. The third kappa shape index (κ3) is 2.41. The van der Waals surface area contributed by atoms with Gasteiger partial charge in [0, 0.05) is 12.1 Å². The lowest BCUT2D eigenvalue weighted by atomic mass is 10.2. The van der Waals surface area contributed by atoms with Crippen LogP contribution in [-0.4, -0.2) is 11.5 Å². The molecule has 3 N–H and O–H groups in total. The van der Waals surface area contributed by atoms with Crippen LogP contribution in [0.5, 0.6) is 11.5 Å². The van der Waals surface area contributed by atoms with E-state index >= 15 is 0 Å². The maximum absolute atomic E-state index is 12.6. The third-order valence-corrected chi connectivity index (χ3v) is 1.30. The van der Waals surface area contributed by atoms with Crippen molar-refractivity contribution in [2.45, 2.75) is 6.36 Å². The molecule has 0 amide bonds. The zero-order chi connectivity index (χ0) is 10.9. The first-order valence-corrected chi connectivity index (χ1v) is 3.33. The zero-order valence-corrected chi connectivity index (χ0v) is 6.60. The number of anilines is 1. The van der Waals surface area contributed by atoms with E-state index in [2.05, 4.69) is 4.74 Å². The number of nitrogen functional groups attached to an aromatic ring is 1. The fourth-order valence-electron chi connectivity index (χ4n) is 0.787. The Morgan fingerprint density at radius 1 is 1.29 bits per heavy atom. The predicted molar refractivity (Wildman–Crippen MR) is 39.2 cm³/mol. The maximum Gasteiger partial charge on any atom is 0.573 e. The SMILES string of the molecule is Nc1cc(OC(F)(F)F)cc(F)c1O. The van der Waals surface area contributed by atoms with E-state index in [1.807, 2.05) is 0 Å². The van der Waals surface area contributed by atoms with E-state index in [9.17, 15) is 17.6 Å². The molecule has 0 fully saturated rings. The van der Waals surface area contributed by atoms with Crippen LogP contribution in [0.3, 0.4) is 0 Å². The first-order valence-electron chi connectivity index (χ1n) is 3.33. The van der Waals surface area contributed by atoms with E-state index in [4.69, 9.17) is 10.8 Å². The molecule has 0 heterocycles. The molecule has 0 radical (unpaired) electrons. The van der Waals surface area contributed by atoms with Crippen LogP contribution in [0.1, 0.15) is 0 Å². The average Bonchev–Trinajstić information content (AvgIpc) is 1.96. The second kappa shape index (κ2) is 3.24. The fraction of sp³-hybridized carbons (Fsp3) is 0.143. The Morgan fingerprint density at radius 2 is 1.86 bits per heavy atom. The molecule has 0 bridgehead atoms. The molecule has 0 aliphatic rings. The number of phenolic OH excluding ortho intramolecular Hbond substituents is 1. The quantitative estimate of drug-likeness (QED) is 0.424. The smallest absolute Gasteiger partial charge is 0.503 e. The molecule has 0 spiro atoms. The van der Waals surface area contributed by atoms with Gasteiger partial charge in [0.25, 0.3) is 0 Å². The normalized spacial score (nSPS) is 11.4. The van der Waals surface area contributed by atoms with Crippen molar-refractivity contribution in [3.63, 3.8) is 0 Å². The average molecular weight is 211 g/mol. The van der Waals surface area contributed by atoms with Crippen molar-refractivity contribution in [1.29, 1.82) is 0 Å². The number of hydrogen-bond donors (Lipinski definition) is 2. The summed E-state index contributed by atoms with van der Waals surface area (Å²) < 4.78 is 51.0. The summed E-state index contributed by atoms with van der Waals surface area (Å²) in [5.41, 5.74) is 4.48. The molecular formula is C7H5F4NO2. The Hall–Kier alpha value is -1.66. The van der Waals surface area contributed by atoms with E-state index in [0.29, 0.717) is 12.1 Å². The molecule has 3 nitrogen and oxygen atoms in total. The van der Waals surface area contributed by atoms with Crippen molar-refractivity contribution >= 4 is 5.69 Å². The van der Waals surface area contributed by atoms with Gasteiger partial charge in [0.05, 0.1) is 5.69 Å².